The molecule has 1 aliphatic rings. The van der Waals surface area contributed by atoms with Crippen LogP contribution in [0.2, 0.25) is 0 Å². The zero-order valence-corrected chi connectivity index (χ0v) is 11.7. The molecule has 1 N–H and O–H groups in total. The van der Waals surface area contributed by atoms with Crippen LogP contribution in [0.5, 0.6) is 0 Å². The Morgan fingerprint density at radius 2 is 2.30 bits per heavy atom. The topological polar surface area (TPSA) is 63.5 Å². The van der Waals surface area contributed by atoms with Gasteiger partial charge in [0, 0.05) is 24.1 Å². The molecule has 2 heterocycles. The predicted octanol–water partition coefficient (Wildman–Crippen LogP) is 1.21. The summed E-state index contributed by atoms with van der Waals surface area (Å²) in [6.07, 6.45) is 3.89. The summed E-state index contributed by atoms with van der Waals surface area (Å²) < 4.78 is 1.51. The largest absolute Gasteiger partial charge is 0.353 e. The lowest BCUT2D eigenvalue weighted by molar-refractivity contribution is -0.118. The molecule has 1 fully saturated rings. The van der Waals surface area contributed by atoms with E-state index < -0.39 is 0 Å². The number of thioether (sulfide) groups is 1. The minimum Gasteiger partial charge on any atom is -0.353 e. The van der Waals surface area contributed by atoms with Gasteiger partial charge in [0.25, 0.3) is 5.56 Å². The molecule has 0 aliphatic heterocycles. The van der Waals surface area contributed by atoms with Gasteiger partial charge in [0.05, 0.1) is 11.4 Å². The van der Waals surface area contributed by atoms with E-state index in [2.05, 4.69) is 10.3 Å². The first kappa shape index (κ1) is 13.2. The van der Waals surface area contributed by atoms with Crippen LogP contribution in [0.4, 0.5) is 0 Å². The lowest BCUT2D eigenvalue weighted by Gasteiger charge is -2.04. The number of nitrogens with zero attached hydrogens (tertiary/aromatic N) is 2. The highest BCUT2D eigenvalue weighted by molar-refractivity contribution is 7.99. The van der Waals surface area contributed by atoms with Crippen molar-refractivity contribution in [2.75, 3.05) is 5.75 Å². The van der Waals surface area contributed by atoms with Crippen molar-refractivity contribution in [3.63, 3.8) is 0 Å². The molecule has 5 nitrogen and oxygen atoms in total. The first-order chi connectivity index (χ1) is 9.72. The number of fused-ring (bicyclic) bond motifs is 1. The van der Waals surface area contributed by atoms with E-state index in [0.717, 1.165) is 12.8 Å². The van der Waals surface area contributed by atoms with Gasteiger partial charge in [0.15, 0.2) is 0 Å². The standard InChI is InChI=1S/C14H15N3O2S/c18-13(16-10-4-5-10)9-20-8-11-7-14(19)17-6-2-1-3-12(17)15-11/h1-3,6-7,10H,4-5,8-9H2,(H,16,18). The van der Waals surface area contributed by atoms with Crippen LogP contribution >= 0.6 is 11.8 Å². The first-order valence-corrected chi connectivity index (χ1v) is 7.72. The molecule has 0 saturated heterocycles. The monoisotopic (exact) mass is 289 g/mol. The van der Waals surface area contributed by atoms with Crippen molar-refractivity contribution < 1.29 is 4.79 Å². The highest BCUT2D eigenvalue weighted by atomic mass is 32.2. The smallest absolute Gasteiger partial charge is 0.258 e. The van der Waals surface area contributed by atoms with Crippen LogP contribution in [-0.2, 0) is 10.5 Å². The summed E-state index contributed by atoms with van der Waals surface area (Å²) in [5.74, 6) is 1.04. The second-order valence-electron chi connectivity index (χ2n) is 4.85. The molecule has 0 atom stereocenters. The average Bonchev–Trinajstić information content (AvgIpc) is 3.23. The highest BCUT2D eigenvalue weighted by Gasteiger charge is 2.22. The molecule has 1 aliphatic carbocycles. The maximum atomic E-state index is 11.9. The lowest BCUT2D eigenvalue weighted by atomic mass is 10.4. The summed E-state index contributed by atoms with van der Waals surface area (Å²) in [7, 11) is 0. The number of hydrogen-bond donors (Lipinski definition) is 1. The van der Waals surface area contributed by atoms with E-state index in [1.54, 1.807) is 18.3 Å². The fourth-order valence-electron chi connectivity index (χ4n) is 1.92. The van der Waals surface area contributed by atoms with E-state index in [1.807, 2.05) is 6.07 Å². The lowest BCUT2D eigenvalue weighted by Crippen LogP contribution is -2.27. The van der Waals surface area contributed by atoms with E-state index in [0.29, 0.717) is 28.9 Å². The molecule has 0 radical (unpaired) electrons. The van der Waals surface area contributed by atoms with Crippen molar-refractivity contribution in [1.29, 1.82) is 0 Å². The maximum Gasteiger partial charge on any atom is 0.258 e. The minimum atomic E-state index is -0.0892. The summed E-state index contributed by atoms with van der Waals surface area (Å²) in [4.78, 5) is 27.8. The number of rotatable bonds is 5. The van der Waals surface area contributed by atoms with Crippen LogP contribution < -0.4 is 10.9 Å². The van der Waals surface area contributed by atoms with Crippen LogP contribution in [0.25, 0.3) is 5.65 Å². The number of hydrogen-bond acceptors (Lipinski definition) is 4. The Hall–Kier alpha value is -1.82. The van der Waals surface area contributed by atoms with Gasteiger partial charge in [0.2, 0.25) is 5.91 Å². The van der Waals surface area contributed by atoms with Gasteiger partial charge in [-0.2, -0.15) is 0 Å². The third kappa shape index (κ3) is 3.19. The van der Waals surface area contributed by atoms with E-state index >= 15 is 0 Å². The number of carbonyl (C=O) groups is 1. The van der Waals surface area contributed by atoms with E-state index in [9.17, 15) is 9.59 Å². The second kappa shape index (κ2) is 5.66. The van der Waals surface area contributed by atoms with Crippen LogP contribution in [-0.4, -0.2) is 27.1 Å². The van der Waals surface area contributed by atoms with Crippen LogP contribution in [0.3, 0.4) is 0 Å². The van der Waals surface area contributed by atoms with Crippen molar-refractivity contribution in [3.8, 4) is 0 Å². The Morgan fingerprint density at radius 1 is 1.45 bits per heavy atom. The molecule has 20 heavy (non-hydrogen) atoms. The van der Waals surface area contributed by atoms with Gasteiger partial charge in [0.1, 0.15) is 5.65 Å². The summed E-state index contributed by atoms with van der Waals surface area (Å²) in [5.41, 5.74) is 1.26. The van der Waals surface area contributed by atoms with Gasteiger partial charge >= 0.3 is 0 Å². The van der Waals surface area contributed by atoms with Gasteiger partial charge in [-0.15, -0.1) is 11.8 Å². The molecule has 0 bridgehead atoms. The molecule has 2 aromatic rings. The van der Waals surface area contributed by atoms with Gasteiger partial charge < -0.3 is 5.32 Å². The van der Waals surface area contributed by atoms with E-state index in [1.165, 1.54) is 22.2 Å². The molecule has 0 unspecified atom stereocenters. The zero-order valence-electron chi connectivity index (χ0n) is 10.9. The summed E-state index contributed by atoms with van der Waals surface area (Å²) in [5, 5.41) is 2.94. The Morgan fingerprint density at radius 3 is 3.10 bits per heavy atom. The average molecular weight is 289 g/mol. The number of amides is 1. The Bertz CT molecular complexity index is 694. The Kier molecular flexibility index (Phi) is 3.73. The van der Waals surface area contributed by atoms with E-state index in [-0.39, 0.29) is 11.5 Å². The first-order valence-electron chi connectivity index (χ1n) is 6.57. The van der Waals surface area contributed by atoms with Crippen LogP contribution in [0.15, 0.2) is 35.3 Å². The van der Waals surface area contributed by atoms with Crippen molar-refractivity contribution in [2.45, 2.75) is 24.6 Å². The van der Waals surface area contributed by atoms with Crippen LogP contribution in [0.1, 0.15) is 18.5 Å². The third-order valence-corrected chi connectivity index (χ3v) is 4.02. The fraction of sp³-hybridized carbons (Fsp3) is 0.357. The molecular formula is C14H15N3O2S. The molecule has 2 aromatic heterocycles. The molecule has 6 heteroatoms. The van der Waals surface area contributed by atoms with E-state index in [4.69, 9.17) is 0 Å². The van der Waals surface area contributed by atoms with Crippen molar-refractivity contribution in [3.05, 3.63) is 46.5 Å². The zero-order chi connectivity index (χ0) is 13.9. The normalized spacial score (nSPS) is 14.4. The minimum absolute atomic E-state index is 0.0648. The summed E-state index contributed by atoms with van der Waals surface area (Å²) in [6, 6.07) is 7.37. The number of pyridine rings is 1. The number of aromatic nitrogens is 2. The number of carbonyl (C=O) groups excluding carboxylic acids is 1. The molecule has 1 amide bonds. The second-order valence-corrected chi connectivity index (χ2v) is 5.83. The maximum absolute atomic E-state index is 11.9. The summed E-state index contributed by atoms with van der Waals surface area (Å²) in [6.45, 7) is 0. The van der Waals surface area contributed by atoms with Gasteiger partial charge in [-0.3, -0.25) is 14.0 Å². The molecular weight excluding hydrogens is 274 g/mol. The SMILES string of the molecule is O=C(CSCc1cc(=O)n2ccccc2n1)NC1CC1. The quantitative estimate of drug-likeness (QED) is 0.898. The van der Waals surface area contributed by atoms with Crippen LogP contribution in [0, 0.1) is 0 Å². The summed E-state index contributed by atoms with van der Waals surface area (Å²) >= 11 is 1.48. The molecule has 3 rings (SSSR count). The van der Waals surface area contributed by atoms with Crippen molar-refractivity contribution >= 4 is 23.3 Å². The molecule has 0 spiro atoms. The predicted molar refractivity (Wildman–Crippen MR) is 78.8 cm³/mol. The number of nitrogens with one attached hydrogen (secondary N) is 1. The van der Waals surface area contributed by atoms with Gasteiger partial charge in [-0.25, -0.2) is 4.98 Å². The fourth-order valence-corrected chi connectivity index (χ4v) is 2.65. The molecule has 104 valence electrons. The molecule has 1 saturated carbocycles. The van der Waals surface area contributed by atoms with Crippen molar-refractivity contribution in [2.24, 2.45) is 0 Å². The van der Waals surface area contributed by atoms with Crippen molar-refractivity contribution in [1.82, 2.24) is 14.7 Å². The van der Waals surface area contributed by atoms with Gasteiger partial charge in [-0.05, 0) is 25.0 Å². The highest BCUT2D eigenvalue weighted by Crippen LogP contribution is 2.19. The molecule has 0 aromatic carbocycles. The van der Waals surface area contributed by atoms with Gasteiger partial charge in [-0.1, -0.05) is 6.07 Å². The Balaban J connectivity index is 1.62. The third-order valence-electron chi connectivity index (χ3n) is 3.05. The Labute approximate surface area is 120 Å².